The summed E-state index contributed by atoms with van der Waals surface area (Å²) in [5, 5.41) is 9.64. The fourth-order valence-corrected chi connectivity index (χ4v) is 5.39. The standard InChI is InChI=1S/C31H39N3O2/c1-5-32(6-2)31(36)28-14-10-13-27(19-28)30(26-11-8-7-9-12-26)34-21-23(3)33(20-24(34)4)22-25-15-17-29(35)18-16-25/h7-19,23-24,30,35H,5-6,20-22H2,1-4H3/t23-,24-,30?/m0/s1. The van der Waals surface area contributed by atoms with Crippen molar-refractivity contribution in [3.05, 3.63) is 101 Å². The van der Waals surface area contributed by atoms with Crippen molar-refractivity contribution in [3.8, 4) is 5.75 Å². The normalized spacial score (nSPS) is 19.7. The van der Waals surface area contributed by atoms with Crippen LogP contribution in [0.3, 0.4) is 0 Å². The lowest BCUT2D eigenvalue weighted by Gasteiger charge is -2.47. The molecule has 4 rings (SSSR count). The van der Waals surface area contributed by atoms with Gasteiger partial charge in [0.15, 0.2) is 0 Å². The van der Waals surface area contributed by atoms with Crippen LogP contribution < -0.4 is 0 Å². The number of phenols is 1. The Morgan fingerprint density at radius 3 is 2.22 bits per heavy atom. The van der Waals surface area contributed by atoms with Crippen LogP contribution in [0.4, 0.5) is 0 Å². The van der Waals surface area contributed by atoms with Crippen molar-refractivity contribution in [2.45, 2.75) is 52.4 Å². The highest BCUT2D eigenvalue weighted by atomic mass is 16.3. The molecule has 1 aliphatic heterocycles. The molecular formula is C31H39N3O2. The number of piperazine rings is 1. The van der Waals surface area contributed by atoms with E-state index in [1.54, 1.807) is 12.1 Å². The summed E-state index contributed by atoms with van der Waals surface area (Å²) in [5.74, 6) is 0.395. The largest absolute Gasteiger partial charge is 0.508 e. The van der Waals surface area contributed by atoms with Crippen LogP contribution >= 0.6 is 0 Å². The SMILES string of the molecule is CCN(CC)C(=O)c1cccc(C(c2ccccc2)N2C[C@H](C)N(Cc3ccc(O)cc3)C[C@@H]2C)c1. The van der Waals surface area contributed by atoms with E-state index < -0.39 is 0 Å². The van der Waals surface area contributed by atoms with Gasteiger partial charge in [0.2, 0.25) is 0 Å². The monoisotopic (exact) mass is 485 g/mol. The fourth-order valence-electron chi connectivity index (χ4n) is 5.39. The highest BCUT2D eigenvalue weighted by Gasteiger charge is 2.35. The molecule has 3 aromatic rings. The van der Waals surface area contributed by atoms with E-state index in [9.17, 15) is 9.90 Å². The molecule has 0 bridgehead atoms. The van der Waals surface area contributed by atoms with Crippen molar-refractivity contribution < 1.29 is 9.90 Å². The van der Waals surface area contributed by atoms with Gasteiger partial charge in [-0.1, -0.05) is 54.6 Å². The number of amides is 1. The quantitative estimate of drug-likeness (QED) is 0.454. The van der Waals surface area contributed by atoms with Crippen molar-refractivity contribution in [1.29, 1.82) is 0 Å². The van der Waals surface area contributed by atoms with E-state index in [0.29, 0.717) is 30.9 Å². The first-order chi connectivity index (χ1) is 17.4. The molecular weight excluding hydrogens is 446 g/mol. The summed E-state index contributed by atoms with van der Waals surface area (Å²) >= 11 is 0. The van der Waals surface area contributed by atoms with Gasteiger partial charge >= 0.3 is 0 Å². The van der Waals surface area contributed by atoms with Crippen LogP contribution in [0, 0.1) is 0 Å². The molecule has 36 heavy (non-hydrogen) atoms. The fraction of sp³-hybridized carbons (Fsp3) is 0.387. The molecule has 1 saturated heterocycles. The molecule has 3 aromatic carbocycles. The highest BCUT2D eigenvalue weighted by Crippen LogP contribution is 2.34. The Bertz CT molecular complexity index is 1130. The van der Waals surface area contributed by atoms with Crippen LogP contribution in [0.1, 0.15) is 60.8 Å². The van der Waals surface area contributed by atoms with Gasteiger partial charge in [0, 0.05) is 50.4 Å². The first-order valence-corrected chi connectivity index (χ1v) is 13.1. The molecule has 1 heterocycles. The molecule has 0 aliphatic carbocycles. The van der Waals surface area contributed by atoms with E-state index in [2.05, 4.69) is 66.1 Å². The molecule has 0 spiro atoms. The van der Waals surface area contributed by atoms with E-state index in [-0.39, 0.29) is 11.9 Å². The van der Waals surface area contributed by atoms with Crippen molar-refractivity contribution in [3.63, 3.8) is 0 Å². The first-order valence-electron chi connectivity index (χ1n) is 13.1. The predicted molar refractivity (Wildman–Crippen MR) is 146 cm³/mol. The summed E-state index contributed by atoms with van der Waals surface area (Å²) in [4.78, 5) is 20.1. The molecule has 5 heteroatoms. The number of carbonyl (C=O) groups is 1. The third-order valence-corrected chi connectivity index (χ3v) is 7.43. The van der Waals surface area contributed by atoms with E-state index >= 15 is 0 Å². The average Bonchev–Trinajstić information content (AvgIpc) is 2.90. The predicted octanol–water partition coefficient (Wildman–Crippen LogP) is 5.56. The lowest BCUT2D eigenvalue weighted by Crippen LogP contribution is -2.56. The minimum absolute atomic E-state index is 0.0731. The molecule has 0 saturated carbocycles. The van der Waals surface area contributed by atoms with Gasteiger partial charge in [0.1, 0.15) is 5.75 Å². The van der Waals surface area contributed by atoms with Crippen molar-refractivity contribution in [2.24, 2.45) is 0 Å². The maximum Gasteiger partial charge on any atom is 0.253 e. The summed E-state index contributed by atoms with van der Waals surface area (Å²) in [7, 11) is 0. The van der Waals surface area contributed by atoms with Gasteiger partial charge in [-0.15, -0.1) is 0 Å². The number of hydrogen-bond acceptors (Lipinski definition) is 4. The van der Waals surface area contributed by atoms with Crippen LogP contribution in [0.15, 0.2) is 78.9 Å². The van der Waals surface area contributed by atoms with Gasteiger partial charge in [-0.3, -0.25) is 14.6 Å². The molecule has 190 valence electrons. The molecule has 1 amide bonds. The number of phenolic OH excluding ortho intramolecular Hbond substituents is 1. The molecule has 1 N–H and O–H groups in total. The van der Waals surface area contributed by atoms with Gasteiger partial charge in [0.25, 0.3) is 5.91 Å². The third kappa shape index (κ3) is 5.80. The van der Waals surface area contributed by atoms with Crippen LogP contribution in [-0.4, -0.2) is 64.0 Å². The van der Waals surface area contributed by atoms with E-state index in [0.717, 1.165) is 30.8 Å². The maximum absolute atomic E-state index is 13.1. The Hall–Kier alpha value is -3.15. The van der Waals surface area contributed by atoms with Crippen LogP contribution in [0.2, 0.25) is 0 Å². The van der Waals surface area contributed by atoms with E-state index in [4.69, 9.17) is 0 Å². The third-order valence-electron chi connectivity index (χ3n) is 7.43. The second-order valence-corrected chi connectivity index (χ2v) is 9.91. The number of aromatic hydroxyl groups is 1. The minimum atomic E-state index is 0.0731. The Morgan fingerprint density at radius 1 is 0.889 bits per heavy atom. The second-order valence-electron chi connectivity index (χ2n) is 9.91. The summed E-state index contributed by atoms with van der Waals surface area (Å²) in [6.07, 6.45) is 0. The van der Waals surface area contributed by atoms with Crippen molar-refractivity contribution >= 4 is 5.91 Å². The smallest absolute Gasteiger partial charge is 0.253 e. The molecule has 1 unspecified atom stereocenters. The number of carbonyl (C=O) groups excluding carboxylic acids is 1. The topological polar surface area (TPSA) is 47.0 Å². The van der Waals surface area contributed by atoms with Gasteiger partial charge < -0.3 is 10.0 Å². The van der Waals surface area contributed by atoms with Crippen molar-refractivity contribution in [1.82, 2.24) is 14.7 Å². The zero-order chi connectivity index (χ0) is 25.7. The maximum atomic E-state index is 13.1. The number of nitrogens with zero attached hydrogens (tertiary/aromatic N) is 3. The number of hydrogen-bond donors (Lipinski definition) is 1. The van der Waals surface area contributed by atoms with Crippen LogP contribution in [0.25, 0.3) is 0 Å². The average molecular weight is 486 g/mol. The summed E-state index contributed by atoms with van der Waals surface area (Å²) < 4.78 is 0. The molecule has 5 nitrogen and oxygen atoms in total. The molecule has 0 aromatic heterocycles. The van der Waals surface area contributed by atoms with Crippen molar-refractivity contribution in [2.75, 3.05) is 26.2 Å². The molecule has 0 radical (unpaired) electrons. The minimum Gasteiger partial charge on any atom is -0.508 e. The van der Waals surface area contributed by atoms with Crippen LogP contribution in [0.5, 0.6) is 5.75 Å². The Balaban J connectivity index is 1.62. The zero-order valence-electron chi connectivity index (χ0n) is 22.0. The van der Waals surface area contributed by atoms with E-state index in [1.165, 1.54) is 11.1 Å². The van der Waals surface area contributed by atoms with Crippen LogP contribution in [-0.2, 0) is 6.54 Å². The van der Waals surface area contributed by atoms with E-state index in [1.807, 2.05) is 43.0 Å². The summed E-state index contributed by atoms with van der Waals surface area (Å²) in [5.41, 5.74) is 4.37. The first kappa shape index (κ1) is 25.9. The summed E-state index contributed by atoms with van der Waals surface area (Å²) in [6, 6.07) is 27.2. The lowest BCUT2D eigenvalue weighted by molar-refractivity contribution is 0.0195. The van der Waals surface area contributed by atoms with Gasteiger partial charge in [-0.05, 0) is 68.7 Å². The number of benzene rings is 3. The zero-order valence-corrected chi connectivity index (χ0v) is 22.0. The Morgan fingerprint density at radius 2 is 1.56 bits per heavy atom. The lowest BCUT2D eigenvalue weighted by atomic mass is 9.92. The van der Waals surface area contributed by atoms with Gasteiger partial charge in [-0.25, -0.2) is 0 Å². The van der Waals surface area contributed by atoms with Gasteiger partial charge in [0.05, 0.1) is 6.04 Å². The Kier molecular flexibility index (Phi) is 8.44. The molecule has 3 atom stereocenters. The molecule has 1 fully saturated rings. The summed E-state index contributed by atoms with van der Waals surface area (Å²) in [6.45, 7) is 12.8. The second kappa shape index (κ2) is 11.7. The Labute approximate surface area is 216 Å². The molecule has 1 aliphatic rings. The van der Waals surface area contributed by atoms with Gasteiger partial charge in [-0.2, -0.15) is 0 Å². The highest BCUT2D eigenvalue weighted by molar-refractivity contribution is 5.94. The number of rotatable bonds is 8.